The lowest BCUT2D eigenvalue weighted by Crippen LogP contribution is -2.38. The van der Waals surface area contributed by atoms with Gasteiger partial charge < -0.3 is 5.32 Å². The molecule has 0 saturated carbocycles. The molecule has 1 aliphatic rings. The number of nitrogens with one attached hydrogen (secondary N) is 2. The van der Waals surface area contributed by atoms with Gasteiger partial charge in [0, 0.05) is 0 Å². The minimum Gasteiger partial charge on any atom is -0.308 e. The topological polar surface area (TPSA) is 58.2 Å². The van der Waals surface area contributed by atoms with E-state index in [0.29, 0.717) is 0 Å². The molecule has 1 unspecified atom stereocenters. The fourth-order valence-electron chi connectivity index (χ4n) is 3.73. The van der Waals surface area contributed by atoms with Crippen LogP contribution < -0.4 is 10.0 Å². The van der Waals surface area contributed by atoms with E-state index in [1.165, 1.54) is 11.8 Å². The Labute approximate surface area is 174 Å². The SMILES string of the molecule is CS(=O)(=O)N[C@@H](c1ccccc1)C(NCCCC1=CCC=CC1)c1ccccc1. The predicted molar refractivity (Wildman–Crippen MR) is 120 cm³/mol. The van der Waals surface area contributed by atoms with Gasteiger partial charge in [0.1, 0.15) is 0 Å². The summed E-state index contributed by atoms with van der Waals surface area (Å²) in [5, 5.41) is 3.62. The van der Waals surface area contributed by atoms with Crippen molar-refractivity contribution < 1.29 is 8.42 Å². The molecular weight excluding hydrogens is 380 g/mol. The minimum absolute atomic E-state index is 0.159. The van der Waals surface area contributed by atoms with Gasteiger partial charge in [0.25, 0.3) is 0 Å². The van der Waals surface area contributed by atoms with Crippen LogP contribution in [0.3, 0.4) is 0 Å². The molecule has 2 aromatic rings. The van der Waals surface area contributed by atoms with E-state index in [1.54, 1.807) is 0 Å². The molecule has 0 spiro atoms. The lowest BCUT2D eigenvalue weighted by Gasteiger charge is -2.29. The number of allylic oxidation sites excluding steroid dienone is 4. The second-order valence-electron chi connectivity index (χ2n) is 7.50. The van der Waals surface area contributed by atoms with E-state index in [2.05, 4.69) is 28.3 Å². The highest BCUT2D eigenvalue weighted by molar-refractivity contribution is 7.88. The molecule has 154 valence electrons. The molecule has 0 heterocycles. The summed E-state index contributed by atoms with van der Waals surface area (Å²) >= 11 is 0. The van der Waals surface area contributed by atoms with Crippen molar-refractivity contribution in [3.05, 3.63) is 95.6 Å². The first-order valence-corrected chi connectivity index (χ1v) is 12.1. The number of hydrogen-bond acceptors (Lipinski definition) is 3. The maximum Gasteiger partial charge on any atom is 0.209 e. The Morgan fingerprint density at radius 1 is 0.897 bits per heavy atom. The van der Waals surface area contributed by atoms with Crippen LogP contribution in [0.5, 0.6) is 0 Å². The molecule has 5 heteroatoms. The Morgan fingerprint density at radius 2 is 1.52 bits per heavy atom. The van der Waals surface area contributed by atoms with Crippen LogP contribution in [-0.2, 0) is 10.0 Å². The third kappa shape index (κ3) is 6.96. The zero-order valence-electron chi connectivity index (χ0n) is 16.9. The number of rotatable bonds is 10. The normalized spacial score (nSPS) is 16.2. The predicted octanol–water partition coefficient (Wildman–Crippen LogP) is 4.66. The maximum atomic E-state index is 12.1. The van der Waals surface area contributed by atoms with E-state index < -0.39 is 10.0 Å². The van der Waals surface area contributed by atoms with Gasteiger partial charge in [-0.25, -0.2) is 13.1 Å². The summed E-state index contributed by atoms with van der Waals surface area (Å²) in [6, 6.07) is 19.3. The van der Waals surface area contributed by atoms with E-state index in [0.717, 1.165) is 43.4 Å². The van der Waals surface area contributed by atoms with E-state index in [9.17, 15) is 8.42 Å². The molecule has 0 saturated heterocycles. The molecule has 1 aliphatic carbocycles. The van der Waals surface area contributed by atoms with Gasteiger partial charge in [0.2, 0.25) is 10.0 Å². The number of benzene rings is 2. The lowest BCUT2D eigenvalue weighted by atomic mass is 9.93. The molecule has 29 heavy (non-hydrogen) atoms. The van der Waals surface area contributed by atoms with Crippen LogP contribution in [-0.4, -0.2) is 21.2 Å². The zero-order valence-corrected chi connectivity index (χ0v) is 17.7. The first kappa shape index (κ1) is 21.5. The second kappa shape index (κ2) is 10.5. The third-order valence-corrected chi connectivity index (χ3v) is 5.80. The highest BCUT2D eigenvalue weighted by Gasteiger charge is 2.27. The molecule has 4 nitrogen and oxygen atoms in total. The average Bonchev–Trinajstić information content (AvgIpc) is 2.74. The van der Waals surface area contributed by atoms with Gasteiger partial charge in [-0.15, -0.1) is 0 Å². The van der Waals surface area contributed by atoms with Crippen LogP contribution >= 0.6 is 0 Å². The largest absolute Gasteiger partial charge is 0.308 e. The first-order valence-electron chi connectivity index (χ1n) is 10.2. The van der Waals surface area contributed by atoms with Crippen molar-refractivity contribution >= 4 is 10.0 Å². The first-order chi connectivity index (χ1) is 14.0. The Hall–Kier alpha value is -2.21. The lowest BCUT2D eigenvalue weighted by molar-refractivity contribution is 0.421. The molecule has 0 fully saturated rings. The van der Waals surface area contributed by atoms with Crippen molar-refractivity contribution in [2.75, 3.05) is 12.8 Å². The van der Waals surface area contributed by atoms with Gasteiger partial charge in [-0.2, -0.15) is 0 Å². The van der Waals surface area contributed by atoms with Crippen LogP contribution in [0.1, 0.15) is 48.9 Å². The van der Waals surface area contributed by atoms with Gasteiger partial charge in [0.05, 0.1) is 18.3 Å². The van der Waals surface area contributed by atoms with Crippen LogP contribution in [0.2, 0.25) is 0 Å². The summed E-state index contributed by atoms with van der Waals surface area (Å²) in [6.07, 6.45) is 12.1. The molecule has 0 amide bonds. The van der Waals surface area contributed by atoms with E-state index >= 15 is 0 Å². The van der Waals surface area contributed by atoms with Gasteiger partial charge in [-0.3, -0.25) is 0 Å². The highest BCUT2D eigenvalue weighted by atomic mass is 32.2. The standard InChI is InChI=1S/C24H30N2O2S/c1-29(27,28)26-24(22-17-9-4-10-18-22)23(21-15-7-3-8-16-21)25-19-11-14-20-12-5-2-6-13-20/h2-5,7-10,13,15-18,23-26H,6,11-12,14,19H2,1H3/t23?,24-/m0/s1. The van der Waals surface area contributed by atoms with E-state index in [1.807, 2.05) is 60.7 Å². The smallest absolute Gasteiger partial charge is 0.209 e. The molecule has 2 aromatic carbocycles. The van der Waals surface area contributed by atoms with E-state index in [4.69, 9.17) is 0 Å². The summed E-state index contributed by atoms with van der Waals surface area (Å²) in [5.74, 6) is 0. The molecule has 0 aromatic heterocycles. The van der Waals surface area contributed by atoms with Gasteiger partial charge in [0.15, 0.2) is 0 Å². The minimum atomic E-state index is -3.38. The summed E-state index contributed by atoms with van der Waals surface area (Å²) in [5.41, 5.74) is 3.50. The van der Waals surface area contributed by atoms with Crippen molar-refractivity contribution in [1.29, 1.82) is 0 Å². The molecule has 2 N–H and O–H groups in total. The van der Waals surface area contributed by atoms with E-state index in [-0.39, 0.29) is 12.1 Å². The zero-order chi connectivity index (χ0) is 20.5. The summed E-state index contributed by atoms with van der Waals surface area (Å²) < 4.78 is 27.1. The Kier molecular flexibility index (Phi) is 7.81. The maximum absolute atomic E-state index is 12.1. The van der Waals surface area contributed by atoms with Crippen molar-refractivity contribution in [3.63, 3.8) is 0 Å². The van der Waals surface area contributed by atoms with Crippen molar-refractivity contribution in [2.45, 2.75) is 37.8 Å². The van der Waals surface area contributed by atoms with Crippen LogP contribution in [0, 0.1) is 0 Å². The average molecular weight is 411 g/mol. The van der Waals surface area contributed by atoms with Crippen molar-refractivity contribution in [2.24, 2.45) is 0 Å². The third-order valence-electron chi connectivity index (χ3n) is 5.12. The molecule has 0 bridgehead atoms. The van der Waals surface area contributed by atoms with Crippen LogP contribution in [0.4, 0.5) is 0 Å². The monoisotopic (exact) mass is 410 g/mol. The summed E-state index contributed by atoms with van der Waals surface area (Å²) in [7, 11) is -3.38. The van der Waals surface area contributed by atoms with Gasteiger partial charge in [-0.05, 0) is 43.4 Å². The number of hydrogen-bond donors (Lipinski definition) is 2. The van der Waals surface area contributed by atoms with Crippen molar-refractivity contribution in [1.82, 2.24) is 10.0 Å². The summed E-state index contributed by atoms with van der Waals surface area (Å²) in [6.45, 7) is 0.815. The quantitative estimate of drug-likeness (QED) is 0.442. The number of sulfonamides is 1. The van der Waals surface area contributed by atoms with Crippen molar-refractivity contribution in [3.8, 4) is 0 Å². The Bertz CT molecular complexity index is 922. The molecule has 0 radical (unpaired) electrons. The van der Waals surface area contributed by atoms with Gasteiger partial charge in [-0.1, -0.05) is 84.5 Å². The van der Waals surface area contributed by atoms with Gasteiger partial charge >= 0.3 is 0 Å². The summed E-state index contributed by atoms with van der Waals surface area (Å²) in [4.78, 5) is 0. The van der Waals surface area contributed by atoms with Crippen LogP contribution in [0.15, 0.2) is 84.5 Å². The second-order valence-corrected chi connectivity index (χ2v) is 9.28. The molecular formula is C24H30N2O2S. The fourth-order valence-corrected chi connectivity index (χ4v) is 4.47. The Balaban J connectivity index is 1.77. The molecule has 3 rings (SSSR count). The van der Waals surface area contributed by atoms with Crippen LogP contribution in [0.25, 0.3) is 0 Å². The highest BCUT2D eigenvalue weighted by Crippen LogP contribution is 2.30. The Morgan fingerprint density at radius 3 is 2.07 bits per heavy atom. The molecule has 2 atom stereocenters. The molecule has 0 aliphatic heterocycles. The fraction of sp³-hybridized carbons (Fsp3) is 0.333.